The van der Waals surface area contributed by atoms with E-state index in [-0.39, 0.29) is 12.2 Å². The molecular formula is C11H17N3O4S. The van der Waals surface area contributed by atoms with Gasteiger partial charge in [0, 0.05) is 26.2 Å². The second kappa shape index (κ2) is 5.98. The number of benzene rings is 1. The van der Waals surface area contributed by atoms with Gasteiger partial charge in [0.15, 0.2) is 0 Å². The Kier molecular flexibility index (Phi) is 4.84. The number of nitro benzene ring substituents is 1. The van der Waals surface area contributed by atoms with Crippen LogP contribution in [-0.2, 0) is 10.0 Å². The molecule has 1 aromatic rings. The van der Waals surface area contributed by atoms with E-state index in [1.54, 1.807) is 31.0 Å². The van der Waals surface area contributed by atoms with Crippen LogP contribution in [0.25, 0.3) is 0 Å². The van der Waals surface area contributed by atoms with Crippen molar-refractivity contribution in [3.05, 3.63) is 33.9 Å². The zero-order chi connectivity index (χ0) is 14.6. The minimum absolute atomic E-state index is 0.0156. The Morgan fingerprint density at radius 2 is 2.05 bits per heavy atom. The lowest BCUT2D eigenvalue weighted by Crippen LogP contribution is -2.32. The van der Waals surface area contributed by atoms with Crippen LogP contribution in [-0.4, -0.2) is 39.7 Å². The molecule has 1 aromatic carbocycles. The molecule has 1 N–H and O–H groups in total. The Morgan fingerprint density at radius 1 is 1.42 bits per heavy atom. The van der Waals surface area contributed by atoms with Crippen molar-refractivity contribution < 1.29 is 13.3 Å². The standard InChI is InChI=1S/C11H17N3O4S/c1-9-4-5-10(11(8-9)14(15)16)13(2)7-6-12-19(3,17)18/h4-5,8,12H,6-7H2,1-3H3. The van der Waals surface area contributed by atoms with Crippen LogP contribution >= 0.6 is 0 Å². The molecule has 0 unspecified atom stereocenters. The van der Waals surface area contributed by atoms with E-state index in [0.29, 0.717) is 12.2 Å². The van der Waals surface area contributed by atoms with Crippen LogP contribution in [0.4, 0.5) is 11.4 Å². The maximum absolute atomic E-state index is 11.0. The van der Waals surface area contributed by atoms with E-state index in [9.17, 15) is 18.5 Å². The van der Waals surface area contributed by atoms with Crippen molar-refractivity contribution in [2.24, 2.45) is 0 Å². The highest BCUT2D eigenvalue weighted by Crippen LogP contribution is 2.27. The predicted octanol–water partition coefficient (Wildman–Crippen LogP) is 0.889. The Hall–Kier alpha value is -1.67. The molecule has 1 rings (SSSR count). The molecule has 106 valence electrons. The molecule has 0 heterocycles. The third kappa shape index (κ3) is 4.84. The van der Waals surface area contributed by atoms with E-state index in [1.807, 2.05) is 0 Å². The van der Waals surface area contributed by atoms with Crippen molar-refractivity contribution in [3.8, 4) is 0 Å². The fourth-order valence-corrected chi connectivity index (χ4v) is 2.08. The van der Waals surface area contributed by atoms with Gasteiger partial charge in [0.1, 0.15) is 5.69 Å². The fraction of sp³-hybridized carbons (Fsp3) is 0.455. The number of sulfonamides is 1. The van der Waals surface area contributed by atoms with Gasteiger partial charge in [0.05, 0.1) is 11.2 Å². The number of nitrogens with zero attached hydrogens (tertiary/aromatic N) is 2. The van der Waals surface area contributed by atoms with Crippen molar-refractivity contribution in [1.29, 1.82) is 0 Å². The first-order valence-electron chi connectivity index (χ1n) is 5.61. The minimum Gasteiger partial charge on any atom is -0.368 e. The van der Waals surface area contributed by atoms with Gasteiger partial charge in [0.2, 0.25) is 10.0 Å². The van der Waals surface area contributed by atoms with Gasteiger partial charge in [-0.05, 0) is 18.6 Å². The van der Waals surface area contributed by atoms with Crippen LogP contribution in [0, 0.1) is 17.0 Å². The summed E-state index contributed by atoms with van der Waals surface area (Å²) in [5.41, 5.74) is 1.28. The van der Waals surface area contributed by atoms with Crippen LogP contribution < -0.4 is 9.62 Å². The van der Waals surface area contributed by atoms with Crippen molar-refractivity contribution in [3.63, 3.8) is 0 Å². The van der Waals surface area contributed by atoms with E-state index in [2.05, 4.69) is 4.72 Å². The third-order valence-corrected chi connectivity index (χ3v) is 3.28. The smallest absolute Gasteiger partial charge is 0.292 e. The highest BCUT2D eigenvalue weighted by Gasteiger charge is 2.17. The van der Waals surface area contributed by atoms with Crippen LogP contribution in [0.15, 0.2) is 18.2 Å². The molecule has 0 bridgehead atoms. The van der Waals surface area contributed by atoms with E-state index in [4.69, 9.17) is 0 Å². The molecule has 0 atom stereocenters. The zero-order valence-corrected chi connectivity index (χ0v) is 11.9. The van der Waals surface area contributed by atoms with Crippen LogP contribution in [0.5, 0.6) is 0 Å². The average molecular weight is 287 g/mol. The van der Waals surface area contributed by atoms with E-state index in [0.717, 1.165) is 11.8 Å². The summed E-state index contributed by atoms with van der Waals surface area (Å²) in [5.74, 6) is 0. The molecule has 0 saturated heterocycles. The Labute approximate surface area is 112 Å². The van der Waals surface area contributed by atoms with Gasteiger partial charge in [-0.1, -0.05) is 6.07 Å². The molecule has 8 heteroatoms. The second-order valence-electron chi connectivity index (χ2n) is 4.34. The topological polar surface area (TPSA) is 92.6 Å². The van der Waals surface area contributed by atoms with Crippen molar-refractivity contribution in [1.82, 2.24) is 4.72 Å². The second-order valence-corrected chi connectivity index (χ2v) is 6.17. The number of nitro groups is 1. The fourth-order valence-electron chi connectivity index (χ4n) is 1.62. The summed E-state index contributed by atoms with van der Waals surface area (Å²) < 4.78 is 24.2. The van der Waals surface area contributed by atoms with Crippen LogP contribution in [0.2, 0.25) is 0 Å². The first kappa shape index (κ1) is 15.4. The lowest BCUT2D eigenvalue weighted by Gasteiger charge is -2.19. The molecule has 0 spiro atoms. The highest BCUT2D eigenvalue weighted by atomic mass is 32.2. The molecule has 0 amide bonds. The van der Waals surface area contributed by atoms with E-state index < -0.39 is 14.9 Å². The molecule has 0 aliphatic rings. The number of anilines is 1. The average Bonchev–Trinajstić information content (AvgIpc) is 2.26. The number of hydrogen-bond acceptors (Lipinski definition) is 5. The molecule has 0 aliphatic heterocycles. The van der Waals surface area contributed by atoms with Gasteiger partial charge in [-0.3, -0.25) is 10.1 Å². The van der Waals surface area contributed by atoms with E-state index >= 15 is 0 Å². The van der Waals surface area contributed by atoms with Crippen LogP contribution in [0.1, 0.15) is 5.56 Å². The maximum Gasteiger partial charge on any atom is 0.292 e. The monoisotopic (exact) mass is 287 g/mol. The van der Waals surface area contributed by atoms with E-state index in [1.165, 1.54) is 6.07 Å². The largest absolute Gasteiger partial charge is 0.368 e. The van der Waals surface area contributed by atoms with Crippen molar-refractivity contribution >= 4 is 21.4 Å². The molecule has 19 heavy (non-hydrogen) atoms. The number of likely N-dealkylation sites (N-methyl/N-ethyl adjacent to an activating group) is 1. The summed E-state index contributed by atoms with van der Waals surface area (Å²) in [4.78, 5) is 12.2. The highest BCUT2D eigenvalue weighted by molar-refractivity contribution is 7.88. The summed E-state index contributed by atoms with van der Waals surface area (Å²) >= 11 is 0. The molecule has 0 aromatic heterocycles. The lowest BCUT2D eigenvalue weighted by molar-refractivity contribution is -0.384. The Balaban J connectivity index is 2.82. The van der Waals surface area contributed by atoms with Gasteiger partial charge in [-0.15, -0.1) is 0 Å². The first-order valence-corrected chi connectivity index (χ1v) is 7.50. The van der Waals surface area contributed by atoms with Gasteiger partial charge in [-0.25, -0.2) is 13.1 Å². The minimum atomic E-state index is -3.25. The summed E-state index contributed by atoms with van der Waals surface area (Å²) in [6.07, 6.45) is 1.07. The zero-order valence-electron chi connectivity index (χ0n) is 11.1. The number of aryl methyl sites for hydroxylation is 1. The first-order chi connectivity index (χ1) is 8.70. The van der Waals surface area contributed by atoms with Gasteiger partial charge < -0.3 is 4.90 Å². The normalized spacial score (nSPS) is 11.3. The number of hydrogen-bond donors (Lipinski definition) is 1. The molecule has 0 aliphatic carbocycles. The Morgan fingerprint density at radius 3 is 2.58 bits per heavy atom. The lowest BCUT2D eigenvalue weighted by atomic mass is 10.2. The molecule has 7 nitrogen and oxygen atoms in total. The van der Waals surface area contributed by atoms with Crippen LogP contribution in [0.3, 0.4) is 0 Å². The summed E-state index contributed by atoms with van der Waals surface area (Å²) in [5, 5.41) is 11.0. The number of rotatable bonds is 6. The van der Waals surface area contributed by atoms with Gasteiger partial charge in [-0.2, -0.15) is 0 Å². The Bertz CT molecular complexity index is 571. The summed E-state index contributed by atoms with van der Waals surface area (Å²) in [6, 6.07) is 4.94. The molecule has 0 saturated carbocycles. The molecular weight excluding hydrogens is 270 g/mol. The summed E-state index contributed by atoms with van der Waals surface area (Å²) in [6.45, 7) is 2.32. The maximum atomic E-state index is 11.0. The predicted molar refractivity (Wildman–Crippen MR) is 73.9 cm³/mol. The van der Waals surface area contributed by atoms with Crippen molar-refractivity contribution in [2.45, 2.75) is 6.92 Å². The van der Waals surface area contributed by atoms with Gasteiger partial charge in [0.25, 0.3) is 5.69 Å². The summed E-state index contributed by atoms with van der Waals surface area (Å²) in [7, 11) is -1.56. The molecule has 0 fully saturated rings. The quantitative estimate of drug-likeness (QED) is 0.619. The van der Waals surface area contributed by atoms with Gasteiger partial charge >= 0.3 is 0 Å². The SMILES string of the molecule is Cc1ccc(N(C)CCNS(C)(=O)=O)c([N+](=O)[O-])c1. The van der Waals surface area contributed by atoms with Crippen molar-refractivity contribution in [2.75, 3.05) is 31.3 Å². The number of nitrogens with one attached hydrogen (secondary N) is 1. The third-order valence-electron chi connectivity index (χ3n) is 2.55. The molecule has 0 radical (unpaired) electrons.